The van der Waals surface area contributed by atoms with Crippen LogP contribution in [0.2, 0.25) is 0 Å². The Balaban J connectivity index is 2.07. The smallest absolute Gasteiger partial charge is 0.307 e. The number of benzene rings is 1. The summed E-state index contributed by atoms with van der Waals surface area (Å²) < 4.78 is 0. The van der Waals surface area contributed by atoms with Crippen molar-refractivity contribution in [2.24, 2.45) is 17.8 Å². The molecule has 1 aromatic rings. The first-order chi connectivity index (χ1) is 10.5. The standard InChI is InChI=1S/C18H25NO3/c1-12(2)17(20)10-14-5-3-4-13(8-14)9-16(18(21)22)15-6-7-19-11-15/h3-5,8,12,15-16,19H,6-7,9-11H2,1-2H3,(H,21,22). The van der Waals surface area contributed by atoms with E-state index in [0.717, 1.165) is 30.6 Å². The summed E-state index contributed by atoms with van der Waals surface area (Å²) in [5.74, 6) is -0.645. The van der Waals surface area contributed by atoms with Crippen molar-refractivity contribution in [1.82, 2.24) is 5.32 Å². The number of nitrogens with one attached hydrogen (secondary N) is 1. The average molecular weight is 303 g/mol. The van der Waals surface area contributed by atoms with E-state index in [1.165, 1.54) is 0 Å². The van der Waals surface area contributed by atoms with E-state index >= 15 is 0 Å². The molecule has 0 saturated carbocycles. The number of carbonyl (C=O) groups excluding carboxylic acids is 1. The van der Waals surface area contributed by atoms with Crippen LogP contribution >= 0.6 is 0 Å². The van der Waals surface area contributed by atoms with Gasteiger partial charge in [0.15, 0.2) is 0 Å². The maximum atomic E-state index is 11.9. The van der Waals surface area contributed by atoms with E-state index in [4.69, 9.17) is 0 Å². The minimum Gasteiger partial charge on any atom is -0.481 e. The lowest BCUT2D eigenvalue weighted by Gasteiger charge is -2.19. The van der Waals surface area contributed by atoms with Crippen molar-refractivity contribution in [2.45, 2.75) is 33.1 Å². The van der Waals surface area contributed by atoms with Gasteiger partial charge in [0, 0.05) is 12.3 Å². The molecule has 4 heteroatoms. The minimum absolute atomic E-state index is 0.0278. The van der Waals surface area contributed by atoms with Crippen molar-refractivity contribution >= 4 is 11.8 Å². The second kappa shape index (κ2) is 7.54. The van der Waals surface area contributed by atoms with Gasteiger partial charge in [0.05, 0.1) is 5.92 Å². The van der Waals surface area contributed by atoms with E-state index in [0.29, 0.717) is 12.8 Å². The molecule has 1 heterocycles. The number of hydrogen-bond acceptors (Lipinski definition) is 3. The molecule has 1 aromatic carbocycles. The minimum atomic E-state index is -0.725. The van der Waals surface area contributed by atoms with Crippen LogP contribution in [0.4, 0.5) is 0 Å². The van der Waals surface area contributed by atoms with Crippen LogP contribution < -0.4 is 5.32 Å². The predicted molar refractivity (Wildman–Crippen MR) is 85.8 cm³/mol. The zero-order valence-corrected chi connectivity index (χ0v) is 13.3. The number of rotatable bonds is 7. The number of carbonyl (C=O) groups is 2. The highest BCUT2D eigenvalue weighted by Crippen LogP contribution is 2.24. The zero-order chi connectivity index (χ0) is 16.1. The van der Waals surface area contributed by atoms with E-state index < -0.39 is 5.97 Å². The third-order valence-corrected chi connectivity index (χ3v) is 4.45. The van der Waals surface area contributed by atoms with Crippen LogP contribution in [0.1, 0.15) is 31.4 Å². The van der Waals surface area contributed by atoms with Gasteiger partial charge in [-0.2, -0.15) is 0 Å². The summed E-state index contributed by atoms with van der Waals surface area (Å²) in [5, 5.41) is 12.7. The van der Waals surface area contributed by atoms with Crippen LogP contribution in [0.3, 0.4) is 0 Å². The van der Waals surface area contributed by atoms with Crippen molar-refractivity contribution in [1.29, 1.82) is 0 Å². The van der Waals surface area contributed by atoms with Crippen molar-refractivity contribution < 1.29 is 14.7 Å². The summed E-state index contributed by atoms with van der Waals surface area (Å²) in [6.07, 6.45) is 1.88. The fourth-order valence-corrected chi connectivity index (χ4v) is 3.00. The number of Topliss-reactive ketones (excluding diaryl/α,β-unsaturated/α-hetero) is 1. The third kappa shape index (κ3) is 4.41. The largest absolute Gasteiger partial charge is 0.481 e. The summed E-state index contributed by atoms with van der Waals surface area (Å²) in [6, 6.07) is 7.81. The lowest BCUT2D eigenvalue weighted by atomic mass is 9.85. The van der Waals surface area contributed by atoms with Gasteiger partial charge in [-0.3, -0.25) is 9.59 Å². The van der Waals surface area contributed by atoms with E-state index in [1.807, 2.05) is 38.1 Å². The van der Waals surface area contributed by atoms with Gasteiger partial charge in [-0.25, -0.2) is 0 Å². The van der Waals surface area contributed by atoms with Gasteiger partial charge in [0.2, 0.25) is 0 Å². The van der Waals surface area contributed by atoms with Crippen LogP contribution in [-0.4, -0.2) is 29.9 Å². The Bertz CT molecular complexity index is 533. The molecule has 2 rings (SSSR count). The molecule has 0 radical (unpaired) electrons. The molecular formula is C18H25NO3. The molecule has 2 atom stereocenters. The second-order valence-electron chi connectivity index (χ2n) is 6.52. The molecule has 1 fully saturated rings. The van der Waals surface area contributed by atoms with Gasteiger partial charge < -0.3 is 10.4 Å². The Kier molecular flexibility index (Phi) is 5.72. The highest BCUT2D eigenvalue weighted by molar-refractivity contribution is 5.82. The van der Waals surface area contributed by atoms with Gasteiger partial charge in [-0.05, 0) is 43.0 Å². The van der Waals surface area contributed by atoms with Crippen LogP contribution in [-0.2, 0) is 22.4 Å². The molecule has 2 unspecified atom stereocenters. The van der Waals surface area contributed by atoms with E-state index in [9.17, 15) is 14.7 Å². The molecule has 0 amide bonds. The van der Waals surface area contributed by atoms with Crippen molar-refractivity contribution in [3.8, 4) is 0 Å². The van der Waals surface area contributed by atoms with Gasteiger partial charge in [0.25, 0.3) is 0 Å². The second-order valence-corrected chi connectivity index (χ2v) is 6.52. The van der Waals surface area contributed by atoms with Crippen molar-refractivity contribution in [3.63, 3.8) is 0 Å². The highest BCUT2D eigenvalue weighted by atomic mass is 16.4. The summed E-state index contributed by atoms with van der Waals surface area (Å²) in [6.45, 7) is 5.49. The Labute approximate surface area is 131 Å². The number of carboxylic acid groups (broad SMARTS) is 1. The molecule has 1 aliphatic rings. The Morgan fingerprint density at radius 1 is 1.32 bits per heavy atom. The van der Waals surface area contributed by atoms with Crippen LogP contribution in [0.15, 0.2) is 24.3 Å². The summed E-state index contributed by atoms with van der Waals surface area (Å²) in [7, 11) is 0. The molecule has 0 bridgehead atoms. The van der Waals surface area contributed by atoms with Crippen molar-refractivity contribution in [2.75, 3.05) is 13.1 Å². The molecule has 120 valence electrons. The molecule has 0 spiro atoms. The van der Waals surface area contributed by atoms with Crippen LogP contribution in [0, 0.1) is 17.8 Å². The molecule has 4 nitrogen and oxygen atoms in total. The maximum Gasteiger partial charge on any atom is 0.307 e. The van der Waals surface area contributed by atoms with Crippen LogP contribution in [0.5, 0.6) is 0 Å². The quantitative estimate of drug-likeness (QED) is 0.811. The third-order valence-electron chi connectivity index (χ3n) is 4.45. The lowest BCUT2D eigenvalue weighted by molar-refractivity contribution is -0.143. The molecule has 2 N–H and O–H groups in total. The Morgan fingerprint density at radius 3 is 2.64 bits per heavy atom. The van der Waals surface area contributed by atoms with E-state index in [1.54, 1.807) is 0 Å². The number of aliphatic carboxylic acids is 1. The molecule has 0 aromatic heterocycles. The van der Waals surface area contributed by atoms with Gasteiger partial charge in [0.1, 0.15) is 5.78 Å². The molecular weight excluding hydrogens is 278 g/mol. The van der Waals surface area contributed by atoms with E-state index in [2.05, 4.69) is 5.32 Å². The molecule has 22 heavy (non-hydrogen) atoms. The first kappa shape index (κ1) is 16.7. The maximum absolute atomic E-state index is 11.9. The normalized spacial score (nSPS) is 19.3. The van der Waals surface area contributed by atoms with Crippen molar-refractivity contribution in [3.05, 3.63) is 35.4 Å². The summed E-state index contributed by atoms with van der Waals surface area (Å²) in [5.41, 5.74) is 1.98. The van der Waals surface area contributed by atoms with Gasteiger partial charge >= 0.3 is 5.97 Å². The fraction of sp³-hybridized carbons (Fsp3) is 0.556. The first-order valence-electron chi connectivity index (χ1n) is 8.01. The monoisotopic (exact) mass is 303 g/mol. The average Bonchev–Trinajstić information content (AvgIpc) is 2.98. The lowest BCUT2D eigenvalue weighted by Crippen LogP contribution is -2.27. The molecule has 1 aliphatic heterocycles. The Morgan fingerprint density at radius 2 is 2.05 bits per heavy atom. The number of ketones is 1. The predicted octanol–water partition coefficient (Wildman–Crippen LogP) is 2.31. The number of hydrogen-bond donors (Lipinski definition) is 2. The first-order valence-corrected chi connectivity index (χ1v) is 8.01. The highest BCUT2D eigenvalue weighted by Gasteiger charge is 2.30. The number of carboxylic acids is 1. The summed E-state index contributed by atoms with van der Waals surface area (Å²) in [4.78, 5) is 23.4. The SMILES string of the molecule is CC(C)C(=O)Cc1cccc(CC(C(=O)O)C2CCNC2)c1. The fourth-order valence-electron chi connectivity index (χ4n) is 3.00. The topological polar surface area (TPSA) is 66.4 Å². The zero-order valence-electron chi connectivity index (χ0n) is 13.3. The molecule has 0 aliphatic carbocycles. The van der Waals surface area contributed by atoms with E-state index in [-0.39, 0.29) is 23.5 Å². The molecule has 1 saturated heterocycles. The van der Waals surface area contributed by atoms with Gasteiger partial charge in [-0.15, -0.1) is 0 Å². The summed E-state index contributed by atoms with van der Waals surface area (Å²) >= 11 is 0. The Hall–Kier alpha value is -1.68. The van der Waals surface area contributed by atoms with Crippen LogP contribution in [0.25, 0.3) is 0 Å². The van der Waals surface area contributed by atoms with Gasteiger partial charge in [-0.1, -0.05) is 38.1 Å².